The Balaban J connectivity index is 1.41. The van der Waals surface area contributed by atoms with E-state index in [2.05, 4.69) is 12.2 Å². The molecular formula is C32H26F3NO4. The van der Waals surface area contributed by atoms with Crippen molar-refractivity contribution >= 4 is 33.3 Å². The number of anilines is 1. The molecule has 1 aromatic heterocycles. The van der Waals surface area contributed by atoms with Gasteiger partial charge in [-0.1, -0.05) is 67.9 Å². The molecule has 0 atom stereocenters. The summed E-state index contributed by atoms with van der Waals surface area (Å²) in [6.07, 6.45) is -1.79. The molecule has 0 aliphatic heterocycles. The molecule has 1 heterocycles. The van der Waals surface area contributed by atoms with Gasteiger partial charge in [-0.25, -0.2) is 0 Å². The van der Waals surface area contributed by atoms with Crippen molar-refractivity contribution in [1.82, 2.24) is 0 Å². The number of ether oxygens (including phenoxy) is 1. The number of alkyl halides is 3. The molecule has 4 aromatic carbocycles. The van der Waals surface area contributed by atoms with Crippen molar-refractivity contribution in [2.75, 3.05) is 11.9 Å². The molecule has 5 rings (SSSR count). The van der Waals surface area contributed by atoms with Crippen LogP contribution in [0.15, 0.2) is 94.1 Å². The van der Waals surface area contributed by atoms with Gasteiger partial charge in [-0.3, -0.25) is 9.59 Å². The molecular weight excluding hydrogens is 519 g/mol. The number of aryl methyl sites for hydroxylation is 1. The van der Waals surface area contributed by atoms with Crippen LogP contribution in [0.5, 0.6) is 5.75 Å². The minimum atomic E-state index is -4.93. The second-order valence-corrected chi connectivity index (χ2v) is 9.46. The topological polar surface area (TPSA) is 68.5 Å². The zero-order valence-corrected chi connectivity index (χ0v) is 21.7. The van der Waals surface area contributed by atoms with E-state index in [0.29, 0.717) is 16.5 Å². The molecule has 5 nitrogen and oxygen atoms in total. The van der Waals surface area contributed by atoms with Gasteiger partial charge in [0, 0.05) is 11.8 Å². The highest BCUT2D eigenvalue weighted by molar-refractivity contribution is 5.98. The Morgan fingerprint density at radius 2 is 1.68 bits per heavy atom. The van der Waals surface area contributed by atoms with Crippen molar-refractivity contribution in [2.24, 2.45) is 0 Å². The Kier molecular flexibility index (Phi) is 7.60. The van der Waals surface area contributed by atoms with E-state index in [1.165, 1.54) is 29.8 Å². The first-order valence-electron chi connectivity index (χ1n) is 12.9. The lowest BCUT2D eigenvalue weighted by Gasteiger charge is -2.15. The van der Waals surface area contributed by atoms with Gasteiger partial charge in [0.25, 0.3) is 5.91 Å². The zero-order chi connectivity index (χ0) is 28.3. The van der Waals surface area contributed by atoms with Crippen molar-refractivity contribution in [3.8, 4) is 16.9 Å². The van der Waals surface area contributed by atoms with Gasteiger partial charge >= 0.3 is 6.18 Å². The molecule has 0 radical (unpaired) electrons. The molecule has 0 unspecified atom stereocenters. The second kappa shape index (κ2) is 11.3. The minimum Gasteiger partial charge on any atom is -0.484 e. The lowest BCUT2D eigenvalue weighted by Crippen LogP contribution is -2.20. The Morgan fingerprint density at radius 3 is 2.42 bits per heavy atom. The highest BCUT2D eigenvalue weighted by Gasteiger charge is 2.39. The first-order valence-corrected chi connectivity index (χ1v) is 12.9. The summed E-state index contributed by atoms with van der Waals surface area (Å²) in [5.74, 6) is -1.74. The fraction of sp³-hybridized carbons (Fsp3) is 0.188. The lowest BCUT2D eigenvalue weighted by atomic mass is 9.96. The normalized spacial score (nSPS) is 11.6. The van der Waals surface area contributed by atoms with Crippen LogP contribution in [-0.2, 0) is 17.4 Å². The summed E-state index contributed by atoms with van der Waals surface area (Å²) in [5, 5.41) is 3.89. The quantitative estimate of drug-likeness (QED) is 0.215. The second-order valence-electron chi connectivity index (χ2n) is 9.46. The van der Waals surface area contributed by atoms with Crippen molar-refractivity contribution in [2.45, 2.75) is 32.4 Å². The number of benzene rings is 4. The van der Waals surface area contributed by atoms with Crippen LogP contribution >= 0.6 is 0 Å². The molecule has 204 valence electrons. The average molecular weight is 546 g/mol. The molecule has 0 aliphatic carbocycles. The highest BCUT2D eigenvalue weighted by Crippen LogP contribution is 2.39. The zero-order valence-electron chi connectivity index (χ0n) is 21.7. The van der Waals surface area contributed by atoms with E-state index < -0.39 is 28.8 Å². The lowest BCUT2D eigenvalue weighted by molar-refractivity contribution is -0.152. The van der Waals surface area contributed by atoms with Crippen molar-refractivity contribution in [1.29, 1.82) is 0 Å². The Morgan fingerprint density at radius 1 is 0.925 bits per heavy atom. The molecule has 0 spiro atoms. The number of rotatable bonds is 8. The number of nitrogens with one attached hydrogen (secondary N) is 1. The predicted octanol–water partition coefficient (Wildman–Crippen LogP) is 7.99. The highest BCUT2D eigenvalue weighted by atomic mass is 19.4. The van der Waals surface area contributed by atoms with E-state index >= 15 is 0 Å². The van der Waals surface area contributed by atoms with E-state index in [1.54, 1.807) is 48.5 Å². The van der Waals surface area contributed by atoms with Gasteiger partial charge in [-0.05, 0) is 59.0 Å². The standard InChI is InChI=1S/C32H26F3NO4/c1-2-3-7-20-12-14-22(15-13-20)36-28(37)19-39-23-16-17-26-27(18-23)40-31(32(33,34)35)29(30(26)38)25-11-6-9-21-8-4-5-10-24(21)25/h4-6,8-18H,2-3,7,19H2,1H3,(H,36,37). The van der Waals surface area contributed by atoms with Crippen LogP contribution in [-0.4, -0.2) is 12.5 Å². The maximum Gasteiger partial charge on any atom is 0.450 e. The maximum atomic E-state index is 14.2. The molecule has 0 fully saturated rings. The molecule has 0 saturated heterocycles. The summed E-state index contributed by atoms with van der Waals surface area (Å²) >= 11 is 0. The maximum absolute atomic E-state index is 14.2. The molecule has 8 heteroatoms. The summed E-state index contributed by atoms with van der Waals surface area (Å²) < 4.78 is 53.3. The number of carbonyl (C=O) groups is 1. The van der Waals surface area contributed by atoms with Crippen LogP contribution in [0.2, 0.25) is 0 Å². The van der Waals surface area contributed by atoms with Gasteiger partial charge in [-0.2, -0.15) is 13.2 Å². The third-order valence-electron chi connectivity index (χ3n) is 6.61. The fourth-order valence-electron chi connectivity index (χ4n) is 4.63. The minimum absolute atomic E-state index is 0.0316. The van der Waals surface area contributed by atoms with Crippen LogP contribution < -0.4 is 15.5 Å². The third-order valence-corrected chi connectivity index (χ3v) is 6.61. The van der Waals surface area contributed by atoms with Crippen LogP contribution in [0.3, 0.4) is 0 Å². The fourth-order valence-corrected chi connectivity index (χ4v) is 4.63. The van der Waals surface area contributed by atoms with E-state index in [4.69, 9.17) is 9.15 Å². The Bertz CT molecular complexity index is 1740. The summed E-state index contributed by atoms with van der Waals surface area (Å²) in [6, 6.07) is 23.2. The van der Waals surface area contributed by atoms with Crippen molar-refractivity contribution in [3.05, 3.63) is 106 Å². The summed E-state index contributed by atoms with van der Waals surface area (Å²) in [4.78, 5) is 25.8. The molecule has 40 heavy (non-hydrogen) atoms. The van der Waals surface area contributed by atoms with Crippen LogP contribution in [0.4, 0.5) is 18.9 Å². The summed E-state index contributed by atoms with van der Waals surface area (Å²) in [6.45, 7) is 1.74. The van der Waals surface area contributed by atoms with E-state index in [9.17, 15) is 22.8 Å². The van der Waals surface area contributed by atoms with Crippen molar-refractivity contribution in [3.63, 3.8) is 0 Å². The van der Waals surface area contributed by atoms with Gasteiger partial charge < -0.3 is 14.5 Å². The Labute approximate surface area is 228 Å². The molecule has 0 saturated carbocycles. The van der Waals surface area contributed by atoms with Gasteiger partial charge in [0.05, 0.1) is 10.9 Å². The number of unbranched alkanes of at least 4 members (excludes halogenated alkanes) is 1. The number of fused-ring (bicyclic) bond motifs is 2. The number of hydrogen-bond donors (Lipinski definition) is 1. The largest absolute Gasteiger partial charge is 0.484 e. The third kappa shape index (κ3) is 5.71. The number of carbonyl (C=O) groups excluding carboxylic acids is 1. The molecule has 1 N–H and O–H groups in total. The van der Waals surface area contributed by atoms with Gasteiger partial charge in [0.2, 0.25) is 11.2 Å². The summed E-state index contributed by atoms with van der Waals surface area (Å²) in [5.41, 5.74) is 0.269. The van der Waals surface area contributed by atoms with Gasteiger partial charge in [-0.15, -0.1) is 0 Å². The monoisotopic (exact) mass is 545 g/mol. The Hall–Kier alpha value is -4.59. The molecule has 0 aliphatic rings. The molecule has 5 aromatic rings. The SMILES string of the molecule is CCCCc1ccc(NC(=O)COc2ccc3c(=O)c(-c4cccc5ccccc45)c(C(F)(F)F)oc3c2)cc1. The first kappa shape index (κ1) is 27.0. The van der Waals surface area contributed by atoms with Gasteiger partial charge in [0.1, 0.15) is 11.3 Å². The smallest absolute Gasteiger partial charge is 0.450 e. The van der Waals surface area contributed by atoms with E-state index in [1.807, 2.05) is 12.1 Å². The van der Waals surface area contributed by atoms with Crippen molar-refractivity contribution < 1.29 is 27.1 Å². The van der Waals surface area contributed by atoms with E-state index in [0.717, 1.165) is 19.3 Å². The number of amides is 1. The first-order chi connectivity index (χ1) is 19.2. The van der Waals surface area contributed by atoms with Gasteiger partial charge in [0.15, 0.2) is 6.61 Å². The number of hydrogen-bond acceptors (Lipinski definition) is 4. The van der Waals surface area contributed by atoms with E-state index in [-0.39, 0.29) is 28.9 Å². The van der Waals surface area contributed by atoms with Crippen LogP contribution in [0.1, 0.15) is 31.1 Å². The molecule has 1 amide bonds. The van der Waals surface area contributed by atoms with Crippen LogP contribution in [0.25, 0.3) is 32.9 Å². The summed E-state index contributed by atoms with van der Waals surface area (Å²) in [7, 11) is 0. The average Bonchev–Trinajstić information content (AvgIpc) is 2.95. The predicted molar refractivity (Wildman–Crippen MR) is 150 cm³/mol. The van der Waals surface area contributed by atoms with Crippen LogP contribution in [0, 0.1) is 0 Å². The number of halogens is 3. The molecule has 0 bridgehead atoms.